The first kappa shape index (κ1) is 10.2. The van der Waals surface area contributed by atoms with E-state index in [1.54, 1.807) is 0 Å². The van der Waals surface area contributed by atoms with Crippen molar-refractivity contribution in [2.24, 2.45) is 5.41 Å². The van der Waals surface area contributed by atoms with Gasteiger partial charge in [-0.05, 0) is 25.8 Å². The van der Waals surface area contributed by atoms with E-state index in [1.807, 2.05) is 0 Å². The van der Waals surface area contributed by atoms with Crippen molar-refractivity contribution in [3.8, 4) is 0 Å². The number of alkyl halides is 2. The molecule has 1 N–H and O–H groups in total. The highest BCUT2D eigenvalue weighted by Gasteiger charge is 2.61. The van der Waals surface area contributed by atoms with Crippen LogP contribution < -0.4 is 5.32 Å². The van der Waals surface area contributed by atoms with Gasteiger partial charge in [0.2, 0.25) is 0 Å². The Hall–Kier alpha value is 0.110. The molecule has 1 aliphatic heterocycles. The van der Waals surface area contributed by atoms with Gasteiger partial charge in [-0.15, -0.1) is 12.4 Å². The Kier molecular flexibility index (Phi) is 2.64. The van der Waals surface area contributed by atoms with Crippen molar-refractivity contribution in [3.05, 3.63) is 0 Å². The number of hydrogen-bond donors (Lipinski definition) is 1. The minimum absolute atomic E-state index is 0. The summed E-state index contributed by atoms with van der Waals surface area (Å²) in [6, 6.07) is 0. The maximum atomic E-state index is 13.0. The summed E-state index contributed by atoms with van der Waals surface area (Å²) in [5.41, 5.74) is -0.648. The van der Waals surface area contributed by atoms with Gasteiger partial charge in [-0.25, -0.2) is 8.78 Å². The van der Waals surface area contributed by atoms with E-state index in [0.717, 1.165) is 13.0 Å². The molecule has 1 spiro atoms. The first-order valence-electron chi connectivity index (χ1n) is 4.25. The lowest BCUT2D eigenvalue weighted by atomic mass is 9.61. The van der Waals surface area contributed by atoms with Gasteiger partial charge in [-0.2, -0.15) is 0 Å². The topological polar surface area (TPSA) is 12.0 Å². The maximum Gasteiger partial charge on any atom is 0.254 e. The highest BCUT2D eigenvalue weighted by molar-refractivity contribution is 5.85. The summed E-state index contributed by atoms with van der Waals surface area (Å²) < 4.78 is 26.1. The molecule has 0 radical (unpaired) electrons. The normalized spacial score (nSPS) is 38.5. The fourth-order valence-electron chi connectivity index (χ4n) is 2.16. The SMILES string of the molecule is Cl.FC1(F)CCC12CCCNC2. The monoisotopic (exact) mass is 197 g/mol. The van der Waals surface area contributed by atoms with Crippen LogP contribution in [-0.4, -0.2) is 19.0 Å². The molecule has 1 heterocycles. The molecule has 72 valence electrons. The summed E-state index contributed by atoms with van der Waals surface area (Å²) in [6.07, 6.45) is 2.45. The molecule has 2 fully saturated rings. The summed E-state index contributed by atoms with van der Waals surface area (Å²) >= 11 is 0. The van der Waals surface area contributed by atoms with Gasteiger partial charge >= 0.3 is 0 Å². The van der Waals surface area contributed by atoms with Crippen LogP contribution in [0.2, 0.25) is 0 Å². The number of hydrogen-bond acceptors (Lipinski definition) is 1. The Morgan fingerprint density at radius 2 is 1.83 bits per heavy atom. The number of nitrogens with one attached hydrogen (secondary N) is 1. The Balaban J connectivity index is 0.000000720. The van der Waals surface area contributed by atoms with Crippen molar-refractivity contribution in [3.63, 3.8) is 0 Å². The molecule has 0 bridgehead atoms. The molecule has 1 saturated heterocycles. The first-order valence-corrected chi connectivity index (χ1v) is 4.25. The third-order valence-corrected chi connectivity index (χ3v) is 3.17. The second-order valence-electron chi connectivity index (χ2n) is 3.77. The standard InChI is InChI=1S/C8H13F2N.ClH/c9-8(10)4-3-7(8)2-1-5-11-6-7;/h11H,1-6H2;1H. The predicted molar refractivity (Wildman–Crippen MR) is 46.0 cm³/mol. The molecule has 0 aromatic carbocycles. The lowest BCUT2D eigenvalue weighted by Gasteiger charge is -2.51. The van der Waals surface area contributed by atoms with Crippen molar-refractivity contribution in [1.29, 1.82) is 0 Å². The van der Waals surface area contributed by atoms with Gasteiger partial charge < -0.3 is 5.32 Å². The van der Waals surface area contributed by atoms with Gasteiger partial charge in [0.1, 0.15) is 0 Å². The third kappa shape index (κ3) is 1.23. The van der Waals surface area contributed by atoms with Crippen LogP contribution in [0, 0.1) is 5.41 Å². The minimum atomic E-state index is -2.37. The summed E-state index contributed by atoms with van der Waals surface area (Å²) in [5.74, 6) is -2.37. The zero-order valence-corrected chi connectivity index (χ0v) is 7.72. The van der Waals surface area contributed by atoms with Crippen LogP contribution in [0.1, 0.15) is 25.7 Å². The van der Waals surface area contributed by atoms with E-state index >= 15 is 0 Å². The van der Waals surface area contributed by atoms with Crippen molar-refractivity contribution >= 4 is 12.4 Å². The molecule has 1 atom stereocenters. The lowest BCUT2D eigenvalue weighted by Crippen LogP contribution is -2.58. The van der Waals surface area contributed by atoms with Gasteiger partial charge in [0.15, 0.2) is 0 Å². The highest BCUT2D eigenvalue weighted by atomic mass is 35.5. The Morgan fingerprint density at radius 3 is 2.08 bits per heavy atom. The molecule has 12 heavy (non-hydrogen) atoms. The second kappa shape index (κ2) is 3.11. The van der Waals surface area contributed by atoms with Crippen LogP contribution >= 0.6 is 12.4 Å². The lowest BCUT2D eigenvalue weighted by molar-refractivity contribution is -0.208. The van der Waals surface area contributed by atoms with E-state index in [0.29, 0.717) is 19.4 Å². The Morgan fingerprint density at radius 1 is 1.08 bits per heavy atom. The Bertz CT molecular complexity index is 166. The summed E-state index contributed by atoms with van der Waals surface area (Å²) in [6.45, 7) is 1.44. The molecule has 4 heteroatoms. The van der Waals surface area contributed by atoms with Gasteiger partial charge in [-0.3, -0.25) is 0 Å². The molecular weight excluding hydrogens is 184 g/mol. The zero-order valence-electron chi connectivity index (χ0n) is 6.91. The van der Waals surface area contributed by atoms with Gasteiger partial charge in [-0.1, -0.05) is 0 Å². The molecule has 2 aliphatic rings. The van der Waals surface area contributed by atoms with E-state index in [-0.39, 0.29) is 18.8 Å². The third-order valence-electron chi connectivity index (χ3n) is 3.17. The van der Waals surface area contributed by atoms with Crippen LogP contribution in [-0.2, 0) is 0 Å². The molecule has 0 aromatic heterocycles. The largest absolute Gasteiger partial charge is 0.316 e. The highest BCUT2D eigenvalue weighted by Crippen LogP contribution is 2.56. The average molecular weight is 198 g/mol. The minimum Gasteiger partial charge on any atom is -0.316 e. The van der Waals surface area contributed by atoms with Crippen LogP contribution in [0.3, 0.4) is 0 Å². The smallest absolute Gasteiger partial charge is 0.254 e. The van der Waals surface area contributed by atoms with Crippen molar-refractivity contribution < 1.29 is 8.78 Å². The van der Waals surface area contributed by atoms with E-state index in [2.05, 4.69) is 5.32 Å². The van der Waals surface area contributed by atoms with E-state index in [9.17, 15) is 8.78 Å². The quantitative estimate of drug-likeness (QED) is 0.628. The Labute approximate surface area is 77.3 Å². The average Bonchev–Trinajstić information content (AvgIpc) is 2.04. The summed E-state index contributed by atoms with van der Waals surface area (Å²) in [5, 5.41) is 3.05. The molecular formula is C8H14ClF2N. The summed E-state index contributed by atoms with van der Waals surface area (Å²) in [7, 11) is 0. The molecule has 1 saturated carbocycles. The van der Waals surface area contributed by atoms with Crippen molar-refractivity contribution in [2.45, 2.75) is 31.6 Å². The molecule has 0 amide bonds. The fourth-order valence-corrected chi connectivity index (χ4v) is 2.16. The van der Waals surface area contributed by atoms with E-state index in [4.69, 9.17) is 0 Å². The molecule has 2 rings (SSSR count). The summed E-state index contributed by atoms with van der Waals surface area (Å²) in [4.78, 5) is 0. The number of piperidine rings is 1. The number of rotatable bonds is 0. The van der Waals surface area contributed by atoms with Crippen LogP contribution in [0.25, 0.3) is 0 Å². The van der Waals surface area contributed by atoms with Gasteiger partial charge in [0, 0.05) is 18.4 Å². The zero-order chi connectivity index (χ0) is 7.95. The number of halogens is 3. The fraction of sp³-hybridized carbons (Fsp3) is 1.00. The van der Waals surface area contributed by atoms with E-state index in [1.165, 1.54) is 0 Å². The predicted octanol–water partition coefficient (Wildman–Crippen LogP) is 2.21. The van der Waals surface area contributed by atoms with Gasteiger partial charge in [0.05, 0.1) is 0 Å². The van der Waals surface area contributed by atoms with Crippen LogP contribution in [0.4, 0.5) is 8.78 Å². The van der Waals surface area contributed by atoms with Gasteiger partial charge in [0.25, 0.3) is 5.92 Å². The second-order valence-corrected chi connectivity index (χ2v) is 3.77. The molecule has 1 aliphatic carbocycles. The maximum absolute atomic E-state index is 13.0. The van der Waals surface area contributed by atoms with Crippen LogP contribution in [0.5, 0.6) is 0 Å². The van der Waals surface area contributed by atoms with E-state index < -0.39 is 11.3 Å². The molecule has 1 unspecified atom stereocenters. The van der Waals surface area contributed by atoms with Crippen LogP contribution in [0.15, 0.2) is 0 Å². The van der Waals surface area contributed by atoms with Crippen molar-refractivity contribution in [2.75, 3.05) is 13.1 Å². The first-order chi connectivity index (χ1) is 5.16. The molecule has 0 aromatic rings. The molecule has 1 nitrogen and oxygen atoms in total. The van der Waals surface area contributed by atoms with Crippen molar-refractivity contribution in [1.82, 2.24) is 5.32 Å².